The second kappa shape index (κ2) is 8.33. The molecule has 0 amide bonds. The van der Waals surface area contributed by atoms with Gasteiger partial charge in [0.1, 0.15) is 4.44 Å². The van der Waals surface area contributed by atoms with Crippen molar-refractivity contribution in [3.05, 3.63) is 71.8 Å². The molecule has 21 heavy (non-hydrogen) atoms. The van der Waals surface area contributed by atoms with Gasteiger partial charge in [0.2, 0.25) is 0 Å². The minimum absolute atomic E-state index is 0.546. The van der Waals surface area contributed by atoms with E-state index in [0.29, 0.717) is 11.5 Å². The molecule has 0 fully saturated rings. The van der Waals surface area contributed by atoms with Crippen LogP contribution in [0.1, 0.15) is 11.1 Å². The molecule has 2 rings (SSSR count). The molecule has 0 unspecified atom stereocenters. The van der Waals surface area contributed by atoms with Crippen LogP contribution in [0.15, 0.2) is 60.7 Å². The van der Waals surface area contributed by atoms with Gasteiger partial charge in [-0.05, 0) is 11.1 Å². The van der Waals surface area contributed by atoms with E-state index in [1.54, 1.807) is 0 Å². The fourth-order valence-electron chi connectivity index (χ4n) is 1.63. The zero-order valence-electron chi connectivity index (χ0n) is 11.2. The molecule has 0 saturated carbocycles. The molecule has 0 atom stereocenters. The fraction of sp³-hybridized carbons (Fsp3) is 0.200. The van der Waals surface area contributed by atoms with Crippen LogP contribution in [0.4, 0.5) is 8.78 Å². The Hall–Kier alpha value is -0.350. The van der Waals surface area contributed by atoms with E-state index in [0.717, 1.165) is 11.1 Å². The Morgan fingerprint density at radius 2 is 1.19 bits per heavy atom. The fourth-order valence-corrected chi connectivity index (χ4v) is 8.41. The van der Waals surface area contributed by atoms with E-state index in [1.165, 1.54) is 22.8 Å². The molecule has 0 aliphatic carbocycles. The van der Waals surface area contributed by atoms with E-state index in [-0.39, 0.29) is 0 Å². The maximum atomic E-state index is 13.4. The van der Waals surface area contributed by atoms with Gasteiger partial charge >= 0.3 is 0 Å². The molecule has 0 nitrogen and oxygen atoms in total. The van der Waals surface area contributed by atoms with Crippen molar-refractivity contribution in [3.63, 3.8) is 0 Å². The predicted molar refractivity (Wildman–Crippen MR) is 95.8 cm³/mol. The van der Waals surface area contributed by atoms with E-state index in [9.17, 15) is 8.78 Å². The molecule has 0 heterocycles. The number of hydrogen-bond donors (Lipinski definition) is 0. The monoisotopic (exact) mass is 360 g/mol. The summed E-state index contributed by atoms with van der Waals surface area (Å²) in [5.41, 5.74) is 2.08. The van der Waals surface area contributed by atoms with Gasteiger partial charge in [0.05, 0.1) is 0 Å². The molecule has 0 N–H and O–H groups in total. The summed E-state index contributed by atoms with van der Waals surface area (Å²) in [5, 5.41) is 0. The van der Waals surface area contributed by atoms with Crippen LogP contribution in [0.5, 0.6) is 0 Å². The van der Waals surface area contributed by atoms with Crippen LogP contribution in [-0.4, -0.2) is 6.17 Å². The zero-order chi connectivity index (χ0) is 15.1. The first-order valence-corrected chi connectivity index (χ1v) is 12.4. The maximum Gasteiger partial charge on any atom is 0.281 e. The first-order chi connectivity index (χ1) is 10.1. The van der Waals surface area contributed by atoms with Gasteiger partial charge in [-0.25, -0.2) is 8.78 Å². The van der Waals surface area contributed by atoms with Gasteiger partial charge in [-0.15, -0.1) is 22.8 Å². The molecule has 0 aliphatic heterocycles. The standard InChI is InChI=1S/C15H15F2PS3/c16-15(17)18(19,20-11-13-7-3-1-4-8-13)21-12-14-9-5-2-6-10-14/h1-10,15H,11-12H2. The average Bonchev–Trinajstić information content (AvgIpc) is 2.53. The summed E-state index contributed by atoms with van der Waals surface area (Å²) in [7, 11) is 0. The Balaban J connectivity index is 1.98. The number of alkyl halides is 2. The second-order valence-corrected chi connectivity index (χ2v) is 15.7. The minimum atomic E-state index is -2.79. The van der Waals surface area contributed by atoms with E-state index in [4.69, 9.17) is 11.8 Å². The number of hydrogen-bond acceptors (Lipinski definition) is 3. The van der Waals surface area contributed by atoms with Crippen molar-refractivity contribution < 1.29 is 8.78 Å². The number of rotatable bonds is 7. The summed E-state index contributed by atoms with van der Waals surface area (Å²) in [6, 6.07) is 19.3. The highest BCUT2D eigenvalue weighted by Crippen LogP contribution is 2.74. The third-order valence-electron chi connectivity index (χ3n) is 2.75. The Kier molecular flexibility index (Phi) is 6.74. The number of benzene rings is 2. The van der Waals surface area contributed by atoms with Gasteiger partial charge in [-0.1, -0.05) is 72.5 Å². The molecular weight excluding hydrogens is 345 g/mol. The molecular formula is C15H15F2PS3. The lowest BCUT2D eigenvalue weighted by atomic mass is 10.2. The van der Waals surface area contributed by atoms with Gasteiger partial charge in [-0.2, -0.15) is 0 Å². The van der Waals surface area contributed by atoms with Crippen LogP contribution in [-0.2, 0) is 23.3 Å². The molecule has 0 radical (unpaired) electrons. The third kappa shape index (κ3) is 5.41. The molecule has 112 valence electrons. The van der Waals surface area contributed by atoms with Gasteiger partial charge in [-0.3, -0.25) is 0 Å². The normalized spacial score (nSPS) is 11.8. The largest absolute Gasteiger partial charge is 0.281 e. The van der Waals surface area contributed by atoms with E-state index >= 15 is 0 Å². The van der Waals surface area contributed by atoms with Gasteiger partial charge in [0.15, 0.2) is 0 Å². The van der Waals surface area contributed by atoms with Gasteiger partial charge < -0.3 is 0 Å². The minimum Gasteiger partial charge on any atom is -0.203 e. The second-order valence-electron chi connectivity index (χ2n) is 4.34. The van der Waals surface area contributed by atoms with Crippen molar-refractivity contribution in [1.29, 1.82) is 0 Å². The Morgan fingerprint density at radius 1 is 0.810 bits per heavy atom. The highest BCUT2D eigenvalue weighted by molar-refractivity contribution is 9.00. The van der Waals surface area contributed by atoms with Crippen molar-refractivity contribution >= 4 is 39.0 Å². The molecule has 0 aliphatic rings. The van der Waals surface area contributed by atoms with Crippen LogP contribution in [0, 0.1) is 0 Å². The van der Waals surface area contributed by atoms with Crippen molar-refractivity contribution in [3.8, 4) is 0 Å². The SMILES string of the molecule is FC(F)P(=S)(SCc1ccccc1)SCc1ccccc1. The van der Waals surface area contributed by atoms with Crippen molar-refractivity contribution in [2.45, 2.75) is 17.7 Å². The summed E-state index contributed by atoms with van der Waals surface area (Å²) in [6.45, 7) is 0. The van der Waals surface area contributed by atoms with Gasteiger partial charge in [0, 0.05) is 11.5 Å². The van der Waals surface area contributed by atoms with Crippen LogP contribution in [0.25, 0.3) is 0 Å². The number of halogens is 2. The molecule has 0 bridgehead atoms. The molecule has 0 spiro atoms. The first-order valence-electron chi connectivity index (χ1n) is 6.35. The zero-order valence-corrected chi connectivity index (χ0v) is 14.5. The van der Waals surface area contributed by atoms with E-state index in [2.05, 4.69) is 0 Å². The molecule has 0 saturated heterocycles. The van der Waals surface area contributed by atoms with Crippen LogP contribution >= 0.6 is 27.2 Å². The molecule has 2 aromatic carbocycles. The van der Waals surface area contributed by atoms with Gasteiger partial charge in [0.25, 0.3) is 6.17 Å². The third-order valence-corrected chi connectivity index (χ3v) is 13.0. The first kappa shape index (κ1) is 17.0. The van der Waals surface area contributed by atoms with E-state index < -0.39 is 10.6 Å². The summed E-state index contributed by atoms with van der Waals surface area (Å²) in [5.74, 6) is 1.09. The maximum absolute atomic E-state index is 13.4. The summed E-state index contributed by atoms with van der Waals surface area (Å²) in [6.07, 6.45) is -2.44. The van der Waals surface area contributed by atoms with Crippen molar-refractivity contribution in [1.82, 2.24) is 0 Å². The lowest BCUT2D eigenvalue weighted by Gasteiger charge is -2.20. The summed E-state index contributed by atoms with van der Waals surface area (Å²) < 4.78 is 24.0. The summed E-state index contributed by atoms with van der Waals surface area (Å²) in [4.78, 5) is 0. The van der Waals surface area contributed by atoms with Crippen LogP contribution < -0.4 is 0 Å². The molecule has 6 heteroatoms. The molecule has 0 aromatic heterocycles. The lowest BCUT2D eigenvalue weighted by molar-refractivity contribution is 0.249. The highest BCUT2D eigenvalue weighted by Gasteiger charge is 2.29. The Morgan fingerprint density at radius 3 is 1.52 bits per heavy atom. The quantitative estimate of drug-likeness (QED) is 0.525. The lowest BCUT2D eigenvalue weighted by Crippen LogP contribution is -1.90. The summed E-state index contributed by atoms with van der Waals surface area (Å²) >= 11 is 7.80. The van der Waals surface area contributed by atoms with Crippen molar-refractivity contribution in [2.24, 2.45) is 0 Å². The van der Waals surface area contributed by atoms with Crippen molar-refractivity contribution in [2.75, 3.05) is 0 Å². The smallest absolute Gasteiger partial charge is 0.203 e. The predicted octanol–water partition coefficient (Wildman–Crippen LogP) is 6.39. The highest BCUT2D eigenvalue weighted by atomic mass is 33.2. The topological polar surface area (TPSA) is 0 Å². The van der Waals surface area contributed by atoms with Crippen LogP contribution in [0.3, 0.4) is 0 Å². The average molecular weight is 360 g/mol. The van der Waals surface area contributed by atoms with E-state index in [1.807, 2.05) is 60.7 Å². The Labute approximate surface area is 137 Å². The Bertz CT molecular complexity index is 543. The molecule has 2 aromatic rings. The van der Waals surface area contributed by atoms with Crippen LogP contribution in [0.2, 0.25) is 0 Å².